The third-order valence-electron chi connectivity index (χ3n) is 4.81. The summed E-state index contributed by atoms with van der Waals surface area (Å²) in [5, 5.41) is 28.0. The maximum Gasteiger partial charge on any atom is 0.415 e. The number of unbranched alkanes of at least 4 members (excludes halogenated alkanes) is 4. The maximum absolute atomic E-state index is 12.6. The number of aliphatic hydroxyl groups is 1. The van der Waals surface area contributed by atoms with Crippen LogP contribution in [0.5, 0.6) is 0 Å². The first-order valence-corrected chi connectivity index (χ1v) is 8.88. The van der Waals surface area contributed by atoms with Gasteiger partial charge in [0.2, 0.25) is 0 Å². The van der Waals surface area contributed by atoms with Gasteiger partial charge in [-0.25, -0.2) is 14.5 Å². The zero-order chi connectivity index (χ0) is 19.0. The number of nitriles is 1. The van der Waals surface area contributed by atoms with E-state index in [1.807, 2.05) is 30.3 Å². The van der Waals surface area contributed by atoms with E-state index in [0.717, 1.165) is 29.7 Å². The van der Waals surface area contributed by atoms with Gasteiger partial charge < -0.3 is 15.1 Å². The van der Waals surface area contributed by atoms with Crippen molar-refractivity contribution in [3.63, 3.8) is 0 Å². The minimum atomic E-state index is -1.29. The van der Waals surface area contributed by atoms with Crippen LogP contribution in [0.4, 0.5) is 9.59 Å². The van der Waals surface area contributed by atoms with Crippen molar-refractivity contribution in [2.24, 2.45) is 0 Å². The van der Waals surface area contributed by atoms with E-state index in [-0.39, 0.29) is 13.2 Å². The fourth-order valence-corrected chi connectivity index (χ4v) is 3.42. The van der Waals surface area contributed by atoms with Gasteiger partial charge in [0.1, 0.15) is 0 Å². The molecule has 0 aliphatic carbocycles. The van der Waals surface area contributed by atoms with Crippen molar-refractivity contribution in [3.05, 3.63) is 35.9 Å². The molecular formula is C19H25N3O4. The van der Waals surface area contributed by atoms with Gasteiger partial charge in [-0.2, -0.15) is 5.26 Å². The molecule has 0 bridgehead atoms. The lowest BCUT2D eigenvalue weighted by atomic mass is 9.90. The van der Waals surface area contributed by atoms with Gasteiger partial charge in [-0.05, 0) is 24.8 Å². The SMILES string of the molecule is N#CCCCCCCN1C(=O)N(C(=O)O)C[C@@]1(CO)Cc1ccccc1. The third-order valence-corrected chi connectivity index (χ3v) is 4.81. The van der Waals surface area contributed by atoms with Gasteiger partial charge in [-0.1, -0.05) is 43.2 Å². The quantitative estimate of drug-likeness (QED) is 0.660. The molecule has 2 N–H and O–H groups in total. The van der Waals surface area contributed by atoms with Crippen LogP contribution in [0.1, 0.15) is 37.7 Å². The van der Waals surface area contributed by atoms with Gasteiger partial charge in [0.05, 0.1) is 24.8 Å². The number of rotatable bonds is 9. The second kappa shape index (κ2) is 9.20. The third kappa shape index (κ3) is 4.52. The molecule has 1 fully saturated rings. The fraction of sp³-hybridized carbons (Fsp3) is 0.526. The van der Waals surface area contributed by atoms with Crippen molar-refractivity contribution in [2.45, 2.75) is 44.1 Å². The molecule has 3 amide bonds. The second-order valence-corrected chi connectivity index (χ2v) is 6.67. The Morgan fingerprint density at radius 1 is 1.19 bits per heavy atom. The van der Waals surface area contributed by atoms with Crippen molar-refractivity contribution < 1.29 is 19.8 Å². The van der Waals surface area contributed by atoms with E-state index in [0.29, 0.717) is 25.8 Å². The molecule has 1 atom stereocenters. The highest BCUT2D eigenvalue weighted by Crippen LogP contribution is 2.31. The normalized spacial score (nSPS) is 19.6. The highest BCUT2D eigenvalue weighted by atomic mass is 16.4. The lowest BCUT2D eigenvalue weighted by Crippen LogP contribution is -2.52. The van der Waals surface area contributed by atoms with Crippen LogP contribution in [0.25, 0.3) is 0 Å². The van der Waals surface area contributed by atoms with Gasteiger partial charge in [0.15, 0.2) is 0 Å². The molecule has 1 aliphatic rings. The van der Waals surface area contributed by atoms with Crippen molar-refractivity contribution in [2.75, 3.05) is 19.7 Å². The molecule has 1 saturated heterocycles. The summed E-state index contributed by atoms with van der Waals surface area (Å²) in [6.45, 7) is 0.0510. The summed E-state index contributed by atoms with van der Waals surface area (Å²) in [7, 11) is 0. The van der Waals surface area contributed by atoms with Crippen molar-refractivity contribution in [1.82, 2.24) is 9.80 Å². The number of amides is 3. The summed E-state index contributed by atoms with van der Waals surface area (Å²) in [4.78, 5) is 26.3. The smallest absolute Gasteiger partial charge is 0.415 e. The Balaban J connectivity index is 2.11. The predicted octanol–water partition coefficient (Wildman–Crippen LogP) is 2.85. The minimum Gasteiger partial charge on any atom is -0.465 e. The molecule has 0 radical (unpaired) electrons. The molecular weight excluding hydrogens is 334 g/mol. The Labute approximate surface area is 153 Å². The van der Waals surface area contributed by atoms with Gasteiger partial charge in [0, 0.05) is 13.0 Å². The minimum absolute atomic E-state index is 0.0407. The zero-order valence-electron chi connectivity index (χ0n) is 14.8. The first kappa shape index (κ1) is 19.7. The Kier molecular flexibility index (Phi) is 6.98. The summed E-state index contributed by atoms with van der Waals surface area (Å²) in [5.41, 5.74) is 0.00402. The number of carboxylic acid groups (broad SMARTS) is 1. The molecule has 0 aromatic heterocycles. The van der Waals surface area contributed by atoms with Gasteiger partial charge in [0.25, 0.3) is 0 Å². The Bertz CT molecular complexity index is 658. The number of benzene rings is 1. The molecule has 140 valence electrons. The first-order valence-electron chi connectivity index (χ1n) is 8.88. The molecule has 1 aromatic rings. The molecule has 1 aromatic carbocycles. The monoisotopic (exact) mass is 359 g/mol. The maximum atomic E-state index is 12.6. The number of carbonyl (C=O) groups excluding carboxylic acids is 1. The molecule has 1 aliphatic heterocycles. The van der Waals surface area contributed by atoms with Crippen molar-refractivity contribution in [3.8, 4) is 6.07 Å². The summed E-state index contributed by atoms with van der Waals surface area (Å²) in [6.07, 6.45) is 2.90. The molecule has 0 spiro atoms. The van der Waals surface area contributed by atoms with Gasteiger partial charge >= 0.3 is 12.1 Å². The van der Waals surface area contributed by atoms with Crippen LogP contribution in [0, 0.1) is 11.3 Å². The molecule has 0 unspecified atom stereocenters. The van der Waals surface area contributed by atoms with E-state index in [2.05, 4.69) is 6.07 Å². The Hall–Kier alpha value is -2.59. The Morgan fingerprint density at radius 2 is 1.88 bits per heavy atom. The molecule has 0 saturated carbocycles. The molecule has 7 nitrogen and oxygen atoms in total. The van der Waals surface area contributed by atoms with E-state index >= 15 is 0 Å². The van der Waals surface area contributed by atoms with Crippen LogP contribution in [0.15, 0.2) is 30.3 Å². The number of nitrogens with zero attached hydrogens (tertiary/aromatic N) is 3. The van der Waals surface area contributed by atoms with E-state index in [1.54, 1.807) is 0 Å². The average Bonchev–Trinajstić information content (AvgIpc) is 2.92. The van der Waals surface area contributed by atoms with Crippen LogP contribution in [0.2, 0.25) is 0 Å². The zero-order valence-corrected chi connectivity index (χ0v) is 14.8. The number of urea groups is 1. The number of hydrogen-bond donors (Lipinski definition) is 2. The van der Waals surface area contributed by atoms with Gasteiger partial charge in [-0.15, -0.1) is 0 Å². The predicted molar refractivity (Wildman–Crippen MR) is 95.5 cm³/mol. The number of hydrogen-bond acceptors (Lipinski definition) is 4. The molecule has 2 rings (SSSR count). The van der Waals surface area contributed by atoms with Crippen LogP contribution in [-0.4, -0.2) is 57.4 Å². The van der Waals surface area contributed by atoms with Gasteiger partial charge in [-0.3, -0.25) is 0 Å². The summed E-state index contributed by atoms with van der Waals surface area (Å²) in [6, 6.07) is 11.0. The van der Waals surface area contributed by atoms with Crippen LogP contribution in [0.3, 0.4) is 0 Å². The van der Waals surface area contributed by atoms with E-state index in [4.69, 9.17) is 5.26 Å². The highest BCUT2D eigenvalue weighted by Gasteiger charge is 2.51. The summed E-state index contributed by atoms with van der Waals surface area (Å²) >= 11 is 0. The van der Waals surface area contributed by atoms with E-state index < -0.39 is 17.7 Å². The lowest BCUT2D eigenvalue weighted by molar-refractivity contribution is 0.0857. The van der Waals surface area contributed by atoms with Crippen LogP contribution >= 0.6 is 0 Å². The summed E-state index contributed by atoms with van der Waals surface area (Å²) in [5.74, 6) is 0. The molecule has 7 heteroatoms. The average molecular weight is 359 g/mol. The van der Waals surface area contributed by atoms with Crippen molar-refractivity contribution in [1.29, 1.82) is 5.26 Å². The van der Waals surface area contributed by atoms with Crippen molar-refractivity contribution >= 4 is 12.1 Å². The summed E-state index contributed by atoms with van der Waals surface area (Å²) < 4.78 is 0. The van der Waals surface area contributed by atoms with Crippen LogP contribution < -0.4 is 0 Å². The highest BCUT2D eigenvalue weighted by molar-refractivity contribution is 5.92. The van der Waals surface area contributed by atoms with E-state index in [1.165, 1.54) is 4.90 Å². The fourth-order valence-electron chi connectivity index (χ4n) is 3.42. The standard InChI is InChI=1S/C19H25N3O4/c20-11-7-2-1-3-8-12-22-17(24)21(18(25)26)14-19(22,15-23)13-16-9-5-4-6-10-16/h4-6,9-10,23H,1-3,7-8,12-15H2,(H,25,26)/t19-/m1/s1. The largest absolute Gasteiger partial charge is 0.465 e. The number of aliphatic hydroxyl groups excluding tert-OH is 1. The lowest BCUT2D eigenvalue weighted by Gasteiger charge is -2.35. The topological polar surface area (TPSA) is 105 Å². The molecule has 1 heterocycles. The number of carbonyl (C=O) groups is 2. The second-order valence-electron chi connectivity index (χ2n) is 6.67. The number of imide groups is 1. The van der Waals surface area contributed by atoms with E-state index in [9.17, 15) is 19.8 Å². The van der Waals surface area contributed by atoms with Crippen LogP contribution in [-0.2, 0) is 6.42 Å². The first-order chi connectivity index (χ1) is 12.5. The Morgan fingerprint density at radius 3 is 2.50 bits per heavy atom. The molecule has 26 heavy (non-hydrogen) atoms.